The SMILES string of the molecule is Cc1csc(CS(=O)(=O)c2ccc(C(F)(F)F)cc2N)n1. The van der Waals surface area contributed by atoms with Crippen LogP contribution < -0.4 is 5.73 Å². The second kappa shape index (κ2) is 5.30. The third-order valence-electron chi connectivity index (χ3n) is 2.65. The lowest BCUT2D eigenvalue weighted by atomic mass is 10.2. The number of alkyl halides is 3. The molecule has 114 valence electrons. The summed E-state index contributed by atoms with van der Waals surface area (Å²) >= 11 is 1.17. The molecule has 0 saturated heterocycles. The monoisotopic (exact) mass is 336 g/mol. The van der Waals surface area contributed by atoms with E-state index in [1.54, 1.807) is 12.3 Å². The maximum absolute atomic E-state index is 12.5. The molecule has 0 aliphatic heterocycles. The summed E-state index contributed by atoms with van der Waals surface area (Å²) in [7, 11) is -3.84. The molecule has 0 amide bonds. The summed E-state index contributed by atoms with van der Waals surface area (Å²) in [6.07, 6.45) is -4.57. The normalized spacial score (nSPS) is 12.6. The number of rotatable bonds is 3. The van der Waals surface area contributed by atoms with Gasteiger partial charge >= 0.3 is 6.18 Å². The van der Waals surface area contributed by atoms with Gasteiger partial charge in [-0.15, -0.1) is 11.3 Å². The molecule has 2 aromatic rings. The highest BCUT2D eigenvalue weighted by atomic mass is 32.2. The van der Waals surface area contributed by atoms with Gasteiger partial charge < -0.3 is 5.73 Å². The number of halogens is 3. The molecule has 0 unspecified atom stereocenters. The number of nitrogens with two attached hydrogens (primary N) is 1. The zero-order chi connectivity index (χ0) is 15.8. The topological polar surface area (TPSA) is 73.0 Å². The summed E-state index contributed by atoms with van der Waals surface area (Å²) in [5.74, 6) is -0.388. The standard InChI is InChI=1S/C12H11F3N2O2S2/c1-7-5-20-11(17-7)6-21(18,19)10-3-2-8(4-9(10)16)12(13,14)15/h2-5H,6,16H2,1H3. The molecule has 0 aliphatic rings. The second-order valence-corrected chi connectivity index (χ2v) is 7.29. The lowest BCUT2D eigenvalue weighted by molar-refractivity contribution is -0.137. The van der Waals surface area contributed by atoms with Gasteiger partial charge in [0.05, 0.1) is 16.1 Å². The molecule has 0 bridgehead atoms. The van der Waals surface area contributed by atoms with Crippen molar-refractivity contribution in [1.82, 2.24) is 4.98 Å². The Morgan fingerprint density at radius 1 is 1.33 bits per heavy atom. The second-order valence-electron chi connectivity index (χ2n) is 4.39. The van der Waals surface area contributed by atoms with E-state index < -0.39 is 27.3 Å². The predicted octanol–water partition coefficient (Wildman–Crippen LogP) is 3.03. The van der Waals surface area contributed by atoms with Crippen molar-refractivity contribution in [2.24, 2.45) is 0 Å². The van der Waals surface area contributed by atoms with Crippen LogP contribution in [-0.4, -0.2) is 13.4 Å². The van der Waals surface area contributed by atoms with Crippen LogP contribution in [-0.2, 0) is 21.8 Å². The molecule has 0 spiro atoms. The van der Waals surface area contributed by atoms with E-state index in [-0.39, 0.29) is 10.6 Å². The van der Waals surface area contributed by atoms with Crippen molar-refractivity contribution in [3.05, 3.63) is 39.8 Å². The van der Waals surface area contributed by atoms with E-state index in [1.165, 1.54) is 11.3 Å². The van der Waals surface area contributed by atoms with Gasteiger partial charge in [0.15, 0.2) is 9.84 Å². The summed E-state index contributed by atoms with van der Waals surface area (Å²) < 4.78 is 62.0. The van der Waals surface area contributed by atoms with Gasteiger partial charge in [-0.3, -0.25) is 0 Å². The fourth-order valence-corrected chi connectivity index (χ4v) is 4.25. The average molecular weight is 336 g/mol. The first-order valence-electron chi connectivity index (χ1n) is 5.70. The molecule has 4 nitrogen and oxygen atoms in total. The Kier molecular flexibility index (Phi) is 3.98. The maximum Gasteiger partial charge on any atom is 0.416 e. The average Bonchev–Trinajstić information content (AvgIpc) is 2.72. The van der Waals surface area contributed by atoms with Crippen LogP contribution in [0.1, 0.15) is 16.3 Å². The maximum atomic E-state index is 12.5. The molecule has 0 radical (unpaired) electrons. The fraction of sp³-hybridized carbons (Fsp3) is 0.250. The Morgan fingerprint density at radius 3 is 2.48 bits per heavy atom. The van der Waals surface area contributed by atoms with E-state index in [1.807, 2.05) is 0 Å². The Labute approximate surface area is 123 Å². The van der Waals surface area contributed by atoms with Crippen molar-refractivity contribution in [2.45, 2.75) is 23.7 Å². The van der Waals surface area contributed by atoms with Crippen molar-refractivity contribution in [3.8, 4) is 0 Å². The molecule has 0 aliphatic carbocycles. The summed E-state index contributed by atoms with van der Waals surface area (Å²) in [4.78, 5) is 3.71. The number of nitrogen functional groups attached to an aromatic ring is 1. The number of benzene rings is 1. The molecule has 1 aromatic heterocycles. The molecule has 2 rings (SSSR count). The van der Waals surface area contributed by atoms with Gasteiger partial charge in [-0.25, -0.2) is 13.4 Å². The Hall–Kier alpha value is -1.61. The molecule has 1 aromatic carbocycles. The first-order chi connectivity index (χ1) is 9.59. The van der Waals surface area contributed by atoms with Crippen LogP contribution in [0.15, 0.2) is 28.5 Å². The number of aromatic nitrogens is 1. The molecule has 1 heterocycles. The van der Waals surface area contributed by atoms with Crippen LogP contribution in [0.5, 0.6) is 0 Å². The molecular formula is C12H11F3N2O2S2. The lowest BCUT2D eigenvalue weighted by Gasteiger charge is -2.10. The molecule has 0 saturated carbocycles. The van der Waals surface area contributed by atoms with Crippen LogP contribution in [0, 0.1) is 6.92 Å². The minimum Gasteiger partial charge on any atom is -0.398 e. The first-order valence-corrected chi connectivity index (χ1v) is 8.23. The third-order valence-corrected chi connectivity index (χ3v) is 5.50. The van der Waals surface area contributed by atoms with Crippen molar-refractivity contribution in [3.63, 3.8) is 0 Å². The highest BCUT2D eigenvalue weighted by Crippen LogP contribution is 2.33. The van der Waals surface area contributed by atoms with Crippen LogP contribution in [0.4, 0.5) is 18.9 Å². The zero-order valence-corrected chi connectivity index (χ0v) is 12.4. The van der Waals surface area contributed by atoms with E-state index in [4.69, 9.17) is 5.73 Å². The minimum atomic E-state index is -4.57. The van der Waals surface area contributed by atoms with Crippen LogP contribution in [0.3, 0.4) is 0 Å². The van der Waals surface area contributed by atoms with Gasteiger partial charge in [0.25, 0.3) is 0 Å². The Morgan fingerprint density at radius 2 is 2.00 bits per heavy atom. The van der Waals surface area contributed by atoms with Crippen LogP contribution >= 0.6 is 11.3 Å². The zero-order valence-electron chi connectivity index (χ0n) is 10.8. The van der Waals surface area contributed by atoms with Gasteiger partial charge in [-0.1, -0.05) is 0 Å². The molecule has 0 atom stereocenters. The number of aryl methyl sites for hydroxylation is 1. The summed E-state index contributed by atoms with van der Waals surface area (Å²) in [5, 5.41) is 2.06. The Balaban J connectivity index is 2.37. The van der Waals surface area contributed by atoms with Crippen molar-refractivity contribution >= 4 is 26.9 Å². The largest absolute Gasteiger partial charge is 0.416 e. The number of nitrogens with zero attached hydrogens (tertiary/aromatic N) is 1. The summed E-state index contributed by atoms with van der Waals surface area (Å²) in [6, 6.07) is 2.21. The lowest BCUT2D eigenvalue weighted by Crippen LogP contribution is -2.11. The predicted molar refractivity (Wildman–Crippen MR) is 73.6 cm³/mol. The summed E-state index contributed by atoms with van der Waals surface area (Å²) in [5.41, 5.74) is 4.75. The molecule has 0 fully saturated rings. The van der Waals surface area contributed by atoms with E-state index in [2.05, 4.69) is 4.98 Å². The van der Waals surface area contributed by atoms with Crippen molar-refractivity contribution < 1.29 is 21.6 Å². The quantitative estimate of drug-likeness (QED) is 0.875. The molecule has 2 N–H and O–H groups in total. The van der Waals surface area contributed by atoms with Crippen molar-refractivity contribution in [1.29, 1.82) is 0 Å². The van der Waals surface area contributed by atoms with Gasteiger partial charge in [-0.2, -0.15) is 13.2 Å². The number of hydrogen-bond donors (Lipinski definition) is 1. The highest BCUT2D eigenvalue weighted by molar-refractivity contribution is 7.91. The number of anilines is 1. The smallest absolute Gasteiger partial charge is 0.398 e. The number of hydrogen-bond acceptors (Lipinski definition) is 5. The van der Waals surface area contributed by atoms with E-state index in [9.17, 15) is 21.6 Å². The third kappa shape index (κ3) is 3.53. The fourth-order valence-electron chi connectivity index (χ4n) is 1.72. The van der Waals surface area contributed by atoms with Crippen LogP contribution in [0.2, 0.25) is 0 Å². The van der Waals surface area contributed by atoms with Crippen LogP contribution in [0.25, 0.3) is 0 Å². The van der Waals surface area contributed by atoms with Gasteiger partial charge in [-0.05, 0) is 25.1 Å². The van der Waals surface area contributed by atoms with Crippen molar-refractivity contribution in [2.75, 3.05) is 5.73 Å². The molecular weight excluding hydrogens is 325 g/mol. The molecule has 21 heavy (non-hydrogen) atoms. The van der Waals surface area contributed by atoms with Gasteiger partial charge in [0, 0.05) is 11.1 Å². The summed E-state index contributed by atoms with van der Waals surface area (Å²) in [6.45, 7) is 1.72. The Bertz CT molecular complexity index is 767. The number of sulfone groups is 1. The minimum absolute atomic E-state index is 0.316. The number of thiazole rings is 1. The van der Waals surface area contributed by atoms with E-state index in [0.29, 0.717) is 22.8 Å². The highest BCUT2D eigenvalue weighted by Gasteiger charge is 2.32. The molecule has 9 heteroatoms. The van der Waals surface area contributed by atoms with E-state index >= 15 is 0 Å². The van der Waals surface area contributed by atoms with E-state index in [0.717, 1.165) is 6.07 Å². The first kappa shape index (κ1) is 15.8. The van der Waals surface area contributed by atoms with Gasteiger partial charge in [0.2, 0.25) is 0 Å². The van der Waals surface area contributed by atoms with Gasteiger partial charge in [0.1, 0.15) is 10.8 Å².